The van der Waals surface area contributed by atoms with Gasteiger partial charge in [0.05, 0.1) is 47.0 Å². The van der Waals surface area contributed by atoms with Crippen LogP contribution in [-0.2, 0) is 30.7 Å². The lowest BCUT2D eigenvalue weighted by atomic mass is 10.1. The van der Waals surface area contributed by atoms with Crippen LogP contribution in [-0.4, -0.2) is 51.5 Å². The molecule has 312 valence electrons. The zero-order valence-corrected chi connectivity index (χ0v) is 37.2. The Labute approximate surface area is 359 Å². The molecule has 0 N–H and O–H groups in total. The summed E-state index contributed by atoms with van der Waals surface area (Å²) in [6, 6.07) is 13.2. The van der Waals surface area contributed by atoms with Crippen LogP contribution < -0.4 is 0 Å². The Hall–Kier alpha value is -4.92. The molecule has 0 spiro atoms. The number of unbranched alkanes of at least 4 members (excludes halogenated alkanes) is 1. The number of hydrogen-bond donors (Lipinski definition) is 0. The predicted octanol–water partition coefficient (Wildman–Crippen LogP) is 10.4. The Bertz CT molecular complexity index is 2380. The monoisotopic (exact) mass is 916 g/mol. The van der Waals surface area contributed by atoms with Gasteiger partial charge in [0.1, 0.15) is 11.6 Å². The van der Waals surface area contributed by atoms with Crippen molar-refractivity contribution in [1.82, 2.24) is 39.1 Å². The van der Waals surface area contributed by atoms with Crippen molar-refractivity contribution in [3.63, 3.8) is 0 Å². The first-order valence-corrected chi connectivity index (χ1v) is 21.5. The Morgan fingerprint density at radius 1 is 0.780 bits per heavy atom. The SMILES string of the molecule is C=COCCCC.CC(=O)c1cc(F)ccc1-n1nc(C)cc1Cc1cn(CC2CC2)nc1C.Cc1cc(Cc2cn(CC3CC3)nc2C)n(-c2ccc(F)cc2I)n1. The molecule has 0 saturated heterocycles. The molecule has 59 heavy (non-hydrogen) atoms. The van der Waals surface area contributed by atoms with Gasteiger partial charge in [-0.2, -0.15) is 20.4 Å². The third-order valence-corrected chi connectivity index (χ3v) is 11.2. The number of carbonyl (C=O) groups is 1. The fraction of sp³-hybridized carbons (Fsp3) is 0.413. The van der Waals surface area contributed by atoms with Gasteiger partial charge >= 0.3 is 0 Å². The van der Waals surface area contributed by atoms with E-state index in [-0.39, 0.29) is 11.6 Å². The van der Waals surface area contributed by atoms with Gasteiger partial charge in [0, 0.05) is 58.8 Å². The van der Waals surface area contributed by atoms with E-state index < -0.39 is 5.82 Å². The van der Waals surface area contributed by atoms with Gasteiger partial charge < -0.3 is 4.74 Å². The minimum Gasteiger partial charge on any atom is -0.502 e. The predicted molar refractivity (Wildman–Crippen MR) is 235 cm³/mol. The average molecular weight is 917 g/mol. The lowest BCUT2D eigenvalue weighted by Gasteiger charge is -2.11. The molecule has 0 unspecified atom stereocenters. The number of nitrogens with zero attached hydrogens (tertiary/aromatic N) is 8. The molecular formula is C46H55F2IN8O2. The van der Waals surface area contributed by atoms with Crippen molar-refractivity contribution in [2.45, 2.75) is 106 Å². The van der Waals surface area contributed by atoms with E-state index in [1.54, 1.807) is 16.8 Å². The molecule has 8 rings (SSSR count). The lowest BCUT2D eigenvalue weighted by molar-refractivity contribution is 0.101. The van der Waals surface area contributed by atoms with Crippen LogP contribution in [0.2, 0.25) is 0 Å². The number of aryl methyl sites for hydroxylation is 4. The summed E-state index contributed by atoms with van der Waals surface area (Å²) < 4.78 is 40.6. The van der Waals surface area contributed by atoms with E-state index in [1.807, 2.05) is 36.2 Å². The number of benzene rings is 2. The van der Waals surface area contributed by atoms with Crippen molar-refractivity contribution in [2.75, 3.05) is 6.61 Å². The summed E-state index contributed by atoms with van der Waals surface area (Å²) in [5.74, 6) is 0.738. The highest BCUT2D eigenvalue weighted by Crippen LogP contribution is 2.32. The molecule has 0 bridgehead atoms. The zero-order valence-electron chi connectivity index (χ0n) is 35.0. The highest BCUT2D eigenvalue weighted by Gasteiger charge is 2.24. The minimum atomic E-state index is -0.424. The lowest BCUT2D eigenvalue weighted by Crippen LogP contribution is -2.09. The second-order valence-electron chi connectivity index (χ2n) is 15.7. The molecule has 4 aromatic heterocycles. The van der Waals surface area contributed by atoms with Crippen molar-refractivity contribution < 1.29 is 18.3 Å². The highest BCUT2D eigenvalue weighted by molar-refractivity contribution is 14.1. The van der Waals surface area contributed by atoms with E-state index in [9.17, 15) is 13.6 Å². The van der Waals surface area contributed by atoms with Crippen LogP contribution in [0.25, 0.3) is 11.4 Å². The summed E-state index contributed by atoms with van der Waals surface area (Å²) in [5, 5.41) is 18.5. The molecular weight excluding hydrogens is 861 g/mol. The fourth-order valence-corrected chi connectivity index (χ4v) is 7.59. The van der Waals surface area contributed by atoms with Crippen LogP contribution in [0.4, 0.5) is 8.78 Å². The maximum atomic E-state index is 13.6. The summed E-state index contributed by atoms with van der Waals surface area (Å²) in [6.45, 7) is 17.8. The molecule has 2 aromatic carbocycles. The number of carbonyl (C=O) groups excluding carboxylic acids is 1. The van der Waals surface area contributed by atoms with E-state index in [1.165, 1.54) is 75.1 Å². The van der Waals surface area contributed by atoms with Crippen LogP contribution in [0.3, 0.4) is 0 Å². The van der Waals surface area contributed by atoms with Crippen LogP contribution in [0.15, 0.2) is 73.8 Å². The molecule has 0 amide bonds. The molecule has 2 aliphatic rings. The molecule has 0 atom stereocenters. The fourth-order valence-electron chi connectivity index (χ4n) is 6.89. The van der Waals surface area contributed by atoms with Gasteiger partial charge in [-0.05, 0) is 161 Å². The van der Waals surface area contributed by atoms with Crippen molar-refractivity contribution in [2.24, 2.45) is 11.8 Å². The standard InChI is InChI=1S/C21H23FN4O.C19H20FIN4.C6H12O/c1-13-8-19(9-17-12-25(24-14(17)2)11-16-4-5-16)26(23-13)21-7-6-18(22)10-20(21)15(3)27;1-12-7-17(25(22-12)19-6-5-16(20)9-18(19)21)8-15-11-24(23-13(15)2)10-14-3-4-14;1-3-5-6-7-4-2/h6-8,10,12,16H,4-5,9,11H2,1-3H3;5-7,9,11,14H,3-4,8,10H2,1-2H3;4H,2-3,5-6H2,1H3. The van der Waals surface area contributed by atoms with E-state index >= 15 is 0 Å². The highest BCUT2D eigenvalue weighted by atomic mass is 127. The molecule has 0 radical (unpaired) electrons. The molecule has 2 aliphatic carbocycles. The maximum absolute atomic E-state index is 13.6. The minimum absolute atomic E-state index is 0.183. The molecule has 2 fully saturated rings. The number of halogens is 3. The Balaban J connectivity index is 0.000000172. The van der Waals surface area contributed by atoms with Gasteiger partial charge in [0.15, 0.2) is 5.78 Å². The maximum Gasteiger partial charge on any atom is 0.162 e. The van der Waals surface area contributed by atoms with E-state index in [4.69, 9.17) is 4.74 Å². The van der Waals surface area contributed by atoms with Crippen LogP contribution in [0, 0.1) is 54.7 Å². The number of aromatic nitrogens is 8. The quantitative estimate of drug-likeness (QED) is 0.0441. The van der Waals surface area contributed by atoms with Gasteiger partial charge in [-0.25, -0.2) is 18.1 Å². The molecule has 0 aliphatic heterocycles. The third kappa shape index (κ3) is 12.1. The van der Waals surface area contributed by atoms with Gasteiger partial charge in [0.25, 0.3) is 0 Å². The summed E-state index contributed by atoms with van der Waals surface area (Å²) in [7, 11) is 0. The van der Waals surface area contributed by atoms with Crippen molar-refractivity contribution in [1.29, 1.82) is 0 Å². The van der Waals surface area contributed by atoms with Gasteiger partial charge in [0.2, 0.25) is 0 Å². The van der Waals surface area contributed by atoms with Crippen molar-refractivity contribution in [3.05, 3.63) is 140 Å². The molecule has 13 heteroatoms. The average Bonchev–Trinajstić information content (AvgIpc) is 4.05. The van der Waals surface area contributed by atoms with Gasteiger partial charge in [-0.1, -0.05) is 19.9 Å². The second-order valence-corrected chi connectivity index (χ2v) is 16.9. The Morgan fingerprint density at radius 2 is 1.27 bits per heavy atom. The number of hydrogen-bond acceptors (Lipinski definition) is 6. The third-order valence-electron chi connectivity index (χ3n) is 10.4. The smallest absolute Gasteiger partial charge is 0.162 e. The number of rotatable bonds is 15. The second kappa shape index (κ2) is 19.9. The summed E-state index contributed by atoms with van der Waals surface area (Å²) >= 11 is 2.16. The molecule has 6 aromatic rings. The van der Waals surface area contributed by atoms with Crippen LogP contribution in [0.1, 0.15) is 108 Å². The van der Waals surface area contributed by atoms with E-state index in [0.29, 0.717) is 17.7 Å². The number of ketones is 1. The van der Waals surface area contributed by atoms with Crippen molar-refractivity contribution in [3.8, 4) is 11.4 Å². The Morgan fingerprint density at radius 3 is 1.73 bits per heavy atom. The normalized spacial score (nSPS) is 13.4. The number of Topliss-reactive ketones (excluding diaryl/α,β-unsaturated/α-hetero) is 1. The van der Waals surface area contributed by atoms with E-state index in [2.05, 4.69) is 86.6 Å². The summed E-state index contributed by atoms with van der Waals surface area (Å²) in [6.07, 6.45) is 14.7. The topological polar surface area (TPSA) is 97.6 Å². The van der Waals surface area contributed by atoms with Crippen LogP contribution >= 0.6 is 22.6 Å². The van der Waals surface area contributed by atoms with Crippen molar-refractivity contribution >= 4 is 28.4 Å². The molecule has 2 saturated carbocycles. The molecule has 10 nitrogen and oxygen atoms in total. The zero-order chi connectivity index (χ0) is 42.2. The van der Waals surface area contributed by atoms with Crippen LogP contribution in [0.5, 0.6) is 0 Å². The first kappa shape index (κ1) is 43.7. The first-order valence-electron chi connectivity index (χ1n) is 20.5. The Kier molecular flexibility index (Phi) is 14.7. The van der Waals surface area contributed by atoms with Gasteiger partial charge in [-0.15, -0.1) is 0 Å². The first-order chi connectivity index (χ1) is 28.3. The van der Waals surface area contributed by atoms with Gasteiger partial charge in [-0.3, -0.25) is 14.2 Å². The van der Waals surface area contributed by atoms with E-state index in [0.717, 1.165) is 93.4 Å². The summed E-state index contributed by atoms with van der Waals surface area (Å²) in [5.41, 5.74) is 10.1. The summed E-state index contributed by atoms with van der Waals surface area (Å²) in [4.78, 5) is 12.0. The largest absolute Gasteiger partial charge is 0.502 e. The number of ether oxygens (including phenoxy) is 1. The molecule has 4 heterocycles.